The van der Waals surface area contributed by atoms with Gasteiger partial charge in [-0.2, -0.15) is 0 Å². The lowest BCUT2D eigenvalue weighted by Crippen LogP contribution is -2.29. The zero-order valence-corrected chi connectivity index (χ0v) is 15.5. The first kappa shape index (κ1) is 18.6. The minimum absolute atomic E-state index is 0.136. The van der Waals surface area contributed by atoms with Crippen LogP contribution >= 0.6 is 0 Å². The van der Waals surface area contributed by atoms with Crippen molar-refractivity contribution in [3.8, 4) is 0 Å². The van der Waals surface area contributed by atoms with Crippen LogP contribution in [-0.2, 0) is 9.47 Å². The lowest BCUT2D eigenvalue weighted by atomic mass is 10.0. The second-order valence-corrected chi connectivity index (χ2v) is 6.86. The molecule has 0 aliphatic carbocycles. The van der Waals surface area contributed by atoms with E-state index in [9.17, 15) is 4.79 Å². The Morgan fingerprint density at radius 3 is 3.00 bits per heavy atom. The minimum Gasteiger partial charge on any atom is -0.381 e. The molecule has 2 aromatic carbocycles. The fraction of sp³-hybridized carbons (Fsp3) is 0.333. The summed E-state index contributed by atoms with van der Waals surface area (Å²) in [6.45, 7) is 1.90. The molecular formula is C21H21FN2O4. The van der Waals surface area contributed by atoms with Gasteiger partial charge in [0.1, 0.15) is 11.9 Å². The van der Waals surface area contributed by atoms with Crippen LogP contribution in [0.5, 0.6) is 0 Å². The molecule has 2 heterocycles. The number of benzene rings is 2. The van der Waals surface area contributed by atoms with Crippen molar-refractivity contribution in [1.82, 2.24) is 10.5 Å². The Morgan fingerprint density at radius 1 is 1.36 bits per heavy atom. The summed E-state index contributed by atoms with van der Waals surface area (Å²) in [6, 6.07) is 12.2. The number of nitrogens with zero attached hydrogens (tertiary/aromatic N) is 1. The highest BCUT2D eigenvalue weighted by atomic mass is 19.1. The summed E-state index contributed by atoms with van der Waals surface area (Å²) in [5.41, 5.74) is 0.463. The van der Waals surface area contributed by atoms with Crippen molar-refractivity contribution in [2.75, 3.05) is 26.9 Å². The molecule has 1 aromatic heterocycles. The molecule has 0 bridgehead atoms. The largest absolute Gasteiger partial charge is 0.381 e. The van der Waals surface area contributed by atoms with E-state index >= 15 is 4.39 Å². The Hall–Kier alpha value is -2.77. The molecule has 1 N–H and O–H groups in total. The number of halogens is 1. The highest BCUT2D eigenvalue weighted by molar-refractivity contribution is 5.92. The Bertz CT molecular complexity index is 981. The number of methoxy groups -OCH3 is 1. The molecule has 1 amide bonds. The maximum atomic E-state index is 15.0. The van der Waals surface area contributed by atoms with Crippen molar-refractivity contribution < 1.29 is 23.2 Å². The summed E-state index contributed by atoms with van der Waals surface area (Å²) < 4.78 is 31.1. The van der Waals surface area contributed by atoms with E-state index in [-0.39, 0.29) is 23.2 Å². The molecule has 2 atom stereocenters. The summed E-state index contributed by atoms with van der Waals surface area (Å²) in [5.74, 6) is -0.135. The topological polar surface area (TPSA) is 73.6 Å². The van der Waals surface area contributed by atoms with E-state index in [2.05, 4.69) is 10.5 Å². The Balaban J connectivity index is 1.54. The lowest BCUT2D eigenvalue weighted by molar-refractivity contribution is 0.0931. The third kappa shape index (κ3) is 3.63. The van der Waals surface area contributed by atoms with Gasteiger partial charge in [0.25, 0.3) is 5.91 Å². The number of amides is 1. The van der Waals surface area contributed by atoms with Gasteiger partial charge in [-0.3, -0.25) is 4.79 Å². The first-order valence-corrected chi connectivity index (χ1v) is 9.20. The standard InChI is InChI=1S/C21H21FN2O4/c1-26-20(16-7-6-14-4-2-3-5-15(14)19(16)22)18-10-17(24-28-18)21(25)23-11-13-8-9-27-12-13/h2-7,10,13,20H,8-9,11-12H2,1H3,(H,23,25). The Kier molecular flexibility index (Phi) is 5.36. The van der Waals surface area contributed by atoms with Crippen LogP contribution < -0.4 is 5.32 Å². The molecule has 146 valence electrons. The SMILES string of the molecule is COC(c1cc(C(=O)NCC2CCOC2)no1)c1ccc2ccccc2c1F. The maximum Gasteiger partial charge on any atom is 0.273 e. The average Bonchev–Trinajstić information content (AvgIpc) is 3.41. The van der Waals surface area contributed by atoms with Gasteiger partial charge in [-0.15, -0.1) is 0 Å². The first-order chi connectivity index (χ1) is 13.7. The van der Waals surface area contributed by atoms with Crippen LogP contribution in [-0.4, -0.2) is 37.9 Å². The van der Waals surface area contributed by atoms with Gasteiger partial charge in [-0.1, -0.05) is 41.6 Å². The fourth-order valence-electron chi connectivity index (χ4n) is 3.44. The molecule has 3 aromatic rings. The molecule has 1 fully saturated rings. The fourth-order valence-corrected chi connectivity index (χ4v) is 3.44. The van der Waals surface area contributed by atoms with Crippen molar-refractivity contribution >= 4 is 16.7 Å². The van der Waals surface area contributed by atoms with Crippen molar-refractivity contribution in [3.63, 3.8) is 0 Å². The smallest absolute Gasteiger partial charge is 0.273 e. The van der Waals surface area contributed by atoms with Crippen LogP contribution in [0.1, 0.15) is 34.3 Å². The third-order valence-electron chi connectivity index (χ3n) is 5.01. The molecule has 6 nitrogen and oxygen atoms in total. The van der Waals surface area contributed by atoms with E-state index in [1.165, 1.54) is 13.2 Å². The summed E-state index contributed by atoms with van der Waals surface area (Å²) >= 11 is 0. The van der Waals surface area contributed by atoms with Gasteiger partial charge in [-0.25, -0.2) is 4.39 Å². The van der Waals surface area contributed by atoms with Crippen LogP contribution in [0, 0.1) is 11.7 Å². The molecule has 1 saturated heterocycles. The zero-order valence-electron chi connectivity index (χ0n) is 15.5. The number of nitrogens with one attached hydrogen (secondary N) is 1. The number of aromatic nitrogens is 1. The van der Waals surface area contributed by atoms with Crippen LogP contribution in [0.2, 0.25) is 0 Å². The van der Waals surface area contributed by atoms with Crippen molar-refractivity contribution in [2.24, 2.45) is 5.92 Å². The van der Waals surface area contributed by atoms with Gasteiger partial charge in [0.15, 0.2) is 11.5 Å². The van der Waals surface area contributed by atoms with Crippen molar-refractivity contribution in [3.05, 3.63) is 65.3 Å². The second kappa shape index (κ2) is 8.08. The Morgan fingerprint density at radius 2 is 2.21 bits per heavy atom. The number of ether oxygens (including phenoxy) is 2. The predicted octanol–water partition coefficient (Wildman–Crippen LogP) is 3.47. The van der Waals surface area contributed by atoms with Gasteiger partial charge in [0.2, 0.25) is 0 Å². The second-order valence-electron chi connectivity index (χ2n) is 6.86. The maximum absolute atomic E-state index is 15.0. The summed E-state index contributed by atoms with van der Waals surface area (Å²) in [6.07, 6.45) is 0.124. The molecule has 1 aliphatic rings. The van der Waals surface area contributed by atoms with E-state index in [0.717, 1.165) is 18.4 Å². The Labute approximate surface area is 161 Å². The predicted molar refractivity (Wildman–Crippen MR) is 101 cm³/mol. The van der Waals surface area contributed by atoms with Crippen molar-refractivity contribution in [2.45, 2.75) is 12.5 Å². The van der Waals surface area contributed by atoms with Gasteiger partial charge in [-0.05, 0) is 11.8 Å². The molecule has 1 aliphatic heterocycles. The minimum atomic E-state index is -0.804. The summed E-state index contributed by atoms with van der Waals surface area (Å²) in [7, 11) is 1.46. The van der Waals surface area contributed by atoms with Gasteiger partial charge >= 0.3 is 0 Å². The van der Waals surface area contributed by atoms with E-state index < -0.39 is 6.10 Å². The van der Waals surface area contributed by atoms with E-state index in [0.29, 0.717) is 30.0 Å². The molecule has 0 saturated carbocycles. The number of hydrogen-bond donors (Lipinski definition) is 1. The van der Waals surface area contributed by atoms with Crippen LogP contribution in [0.15, 0.2) is 47.0 Å². The number of hydrogen-bond acceptors (Lipinski definition) is 5. The third-order valence-corrected chi connectivity index (χ3v) is 5.01. The zero-order chi connectivity index (χ0) is 19.5. The molecule has 28 heavy (non-hydrogen) atoms. The molecule has 0 spiro atoms. The normalized spacial score (nSPS) is 17.7. The molecule has 4 rings (SSSR count). The van der Waals surface area contributed by atoms with Crippen LogP contribution in [0.3, 0.4) is 0 Å². The monoisotopic (exact) mass is 384 g/mol. The van der Waals surface area contributed by atoms with Crippen LogP contribution in [0.25, 0.3) is 10.8 Å². The lowest BCUT2D eigenvalue weighted by Gasteiger charge is -2.14. The van der Waals surface area contributed by atoms with E-state index in [1.54, 1.807) is 18.2 Å². The highest BCUT2D eigenvalue weighted by Gasteiger charge is 2.25. The number of rotatable bonds is 6. The van der Waals surface area contributed by atoms with E-state index in [1.807, 2.05) is 18.2 Å². The summed E-state index contributed by atoms with van der Waals surface area (Å²) in [4.78, 5) is 12.3. The van der Waals surface area contributed by atoms with Gasteiger partial charge in [0, 0.05) is 43.2 Å². The summed E-state index contributed by atoms with van der Waals surface area (Å²) in [5, 5.41) is 7.95. The first-order valence-electron chi connectivity index (χ1n) is 9.20. The number of carbonyl (C=O) groups excluding carboxylic acids is 1. The van der Waals surface area contributed by atoms with Crippen molar-refractivity contribution in [1.29, 1.82) is 0 Å². The van der Waals surface area contributed by atoms with Gasteiger partial charge in [0.05, 0.1) is 6.61 Å². The number of carbonyl (C=O) groups is 1. The molecular weight excluding hydrogens is 363 g/mol. The van der Waals surface area contributed by atoms with Gasteiger partial charge < -0.3 is 19.3 Å². The number of fused-ring (bicyclic) bond motifs is 1. The quantitative estimate of drug-likeness (QED) is 0.705. The molecule has 7 heteroatoms. The molecule has 2 unspecified atom stereocenters. The average molecular weight is 384 g/mol. The van der Waals surface area contributed by atoms with Crippen LogP contribution in [0.4, 0.5) is 4.39 Å². The highest BCUT2D eigenvalue weighted by Crippen LogP contribution is 2.31. The molecule has 0 radical (unpaired) electrons. The van der Waals surface area contributed by atoms with E-state index in [4.69, 9.17) is 14.0 Å².